The maximum Gasteiger partial charge on any atom is 0.485 e. The van der Waals surface area contributed by atoms with Crippen LogP contribution in [0.4, 0.5) is 13.2 Å². The lowest BCUT2D eigenvalue weighted by molar-refractivity contribution is -0.0517. The zero-order valence-electron chi connectivity index (χ0n) is 8.48. The fourth-order valence-electron chi connectivity index (χ4n) is 0.591. The topological polar surface area (TPSA) is 57.2 Å². The van der Waals surface area contributed by atoms with Gasteiger partial charge in [-0.2, -0.15) is 13.2 Å². The Morgan fingerprint density at radius 2 is 1.59 bits per heavy atom. The number of alkyl halides is 3. The van der Waals surface area contributed by atoms with Crippen molar-refractivity contribution in [3.8, 4) is 0 Å². The molecule has 0 aliphatic carbocycles. The van der Waals surface area contributed by atoms with Crippen molar-refractivity contribution in [2.45, 2.75) is 15.3 Å². The van der Waals surface area contributed by atoms with E-state index in [9.17, 15) is 13.2 Å². The third-order valence-corrected chi connectivity index (χ3v) is 3.02. The van der Waals surface area contributed by atoms with Crippen LogP contribution in [0.5, 0.6) is 0 Å². The Hall–Kier alpha value is -0.380. The molecule has 1 aromatic carbocycles. The summed E-state index contributed by atoms with van der Waals surface area (Å²) < 4.78 is 58.9. The molecule has 0 saturated heterocycles. The Balaban J connectivity index is 0.000000304. The predicted molar refractivity (Wildman–Crippen MR) is 62.4 cm³/mol. The van der Waals surface area contributed by atoms with Crippen LogP contribution in [-0.2, 0) is 22.7 Å². The lowest BCUT2D eigenvalue weighted by atomic mass is 10.4. The highest BCUT2D eigenvalue weighted by molar-refractivity contribution is 7.98. The van der Waals surface area contributed by atoms with Crippen LogP contribution >= 0.6 is 11.8 Å². The molecule has 0 spiro atoms. The van der Waals surface area contributed by atoms with Crippen molar-refractivity contribution >= 4 is 34.5 Å². The lowest BCUT2D eigenvalue weighted by Crippen LogP contribution is -2.21. The molecule has 0 atom stereocenters. The first-order valence-corrected chi connectivity index (χ1v) is 7.09. The van der Waals surface area contributed by atoms with Crippen molar-refractivity contribution in [1.82, 2.24) is 0 Å². The average molecular weight is 306 g/mol. The Labute approximate surface area is 107 Å². The number of benzene rings is 1. The van der Waals surface area contributed by atoms with Gasteiger partial charge < -0.3 is 4.55 Å². The zero-order chi connectivity index (χ0) is 13.7. The van der Waals surface area contributed by atoms with Gasteiger partial charge in [-0.05, 0) is 43.2 Å². The Bertz CT molecular complexity index is 439. The maximum atomic E-state index is 10.7. The molecule has 3 nitrogen and oxygen atoms in total. The van der Waals surface area contributed by atoms with Gasteiger partial charge in [-0.1, -0.05) is 0 Å². The normalized spacial score (nSPS) is 11.6. The summed E-state index contributed by atoms with van der Waals surface area (Å²) in [4.78, 5) is 2.44. The summed E-state index contributed by atoms with van der Waals surface area (Å²) in [6, 6.07) is 8.27. The van der Waals surface area contributed by atoms with E-state index < -0.39 is 15.6 Å². The van der Waals surface area contributed by atoms with Crippen LogP contribution < -0.4 is 0 Å². The largest absolute Gasteiger partial charge is 0.741 e. The molecule has 0 unspecified atom stereocenters. The van der Waals surface area contributed by atoms with Crippen LogP contribution in [0.25, 0.3) is 0 Å². The van der Waals surface area contributed by atoms with Gasteiger partial charge in [0.05, 0.1) is 0 Å². The van der Waals surface area contributed by atoms with Gasteiger partial charge in [0.25, 0.3) is 0 Å². The highest BCUT2D eigenvalue weighted by Crippen LogP contribution is 2.20. The summed E-state index contributed by atoms with van der Waals surface area (Å²) >= 11 is 5.17. The minimum absolute atomic E-state index is 1.13. The van der Waals surface area contributed by atoms with Crippen LogP contribution in [-0.4, -0.2) is 24.7 Å². The second kappa shape index (κ2) is 6.53. The van der Waals surface area contributed by atoms with Gasteiger partial charge in [0.2, 0.25) is 0 Å². The SMILES string of the molecule is CSc1ccc([SH2+])cc1.O=S(=O)([O-])C(F)(F)F. The van der Waals surface area contributed by atoms with E-state index >= 15 is 0 Å². The van der Waals surface area contributed by atoms with Crippen molar-refractivity contribution in [1.29, 1.82) is 0 Å². The van der Waals surface area contributed by atoms with Crippen LogP contribution in [0.2, 0.25) is 0 Å². The molecule has 0 heterocycles. The quantitative estimate of drug-likeness (QED) is 0.344. The molecular weight excluding hydrogens is 297 g/mol. The Kier molecular flexibility index (Phi) is 6.38. The number of thioether (sulfide) groups is 1. The van der Waals surface area contributed by atoms with E-state index in [-0.39, 0.29) is 0 Å². The first-order chi connectivity index (χ1) is 7.58. The van der Waals surface area contributed by atoms with Crippen molar-refractivity contribution < 1.29 is 26.1 Å². The summed E-state index contributed by atoms with van der Waals surface area (Å²) in [6.07, 6.45) is 2.07. The van der Waals surface area contributed by atoms with Crippen molar-refractivity contribution in [3.05, 3.63) is 24.3 Å². The summed E-state index contributed by atoms with van der Waals surface area (Å²) in [5.41, 5.74) is -5.65. The van der Waals surface area contributed by atoms with Gasteiger partial charge in [-0.15, -0.1) is 11.8 Å². The minimum atomic E-state index is -6.09. The van der Waals surface area contributed by atoms with Crippen LogP contribution in [0.15, 0.2) is 34.1 Å². The molecule has 0 radical (unpaired) electrons. The molecule has 1 rings (SSSR count). The van der Waals surface area contributed by atoms with Crippen molar-refractivity contribution in [3.63, 3.8) is 0 Å². The molecular formula is C8H9F3O3S3. The number of rotatable bonds is 1. The average Bonchev–Trinajstić information content (AvgIpc) is 2.17. The third-order valence-electron chi connectivity index (χ3n) is 1.37. The minimum Gasteiger partial charge on any atom is -0.741 e. The fraction of sp³-hybridized carbons (Fsp3) is 0.250. The molecule has 1 aromatic rings. The molecule has 0 amide bonds. The van der Waals surface area contributed by atoms with Gasteiger partial charge in [-0.3, -0.25) is 0 Å². The van der Waals surface area contributed by atoms with E-state index in [4.69, 9.17) is 13.0 Å². The third kappa shape index (κ3) is 6.81. The smallest absolute Gasteiger partial charge is 0.485 e. The van der Waals surface area contributed by atoms with Crippen molar-refractivity contribution in [2.24, 2.45) is 0 Å². The summed E-state index contributed by atoms with van der Waals surface area (Å²) in [5.74, 6) is 0. The van der Waals surface area contributed by atoms with E-state index in [0.717, 1.165) is 4.90 Å². The standard InChI is InChI=1S/C7H8S2.CHF3O3S/c1-9-7-4-2-6(8)3-5-7;2-1(3,4)8(5,6)7/h2-5,8H,1H3;(H,5,6,7). The first-order valence-electron chi connectivity index (χ1n) is 3.95. The highest BCUT2D eigenvalue weighted by Gasteiger charge is 2.36. The molecule has 98 valence electrons. The molecule has 9 heteroatoms. The highest BCUT2D eigenvalue weighted by atomic mass is 32.2. The fourth-order valence-corrected chi connectivity index (χ4v) is 1.17. The molecule has 17 heavy (non-hydrogen) atoms. The molecule has 0 aromatic heterocycles. The first kappa shape index (κ1) is 16.6. The summed E-state index contributed by atoms with van der Waals surface area (Å²) in [5, 5.41) is 0. The Morgan fingerprint density at radius 1 is 1.24 bits per heavy atom. The second-order valence-electron chi connectivity index (χ2n) is 2.63. The van der Waals surface area contributed by atoms with E-state index in [0.29, 0.717) is 0 Å². The zero-order valence-corrected chi connectivity index (χ0v) is 11.1. The van der Waals surface area contributed by atoms with Crippen LogP contribution in [0.1, 0.15) is 0 Å². The number of halogens is 3. The Morgan fingerprint density at radius 3 is 1.82 bits per heavy atom. The van der Waals surface area contributed by atoms with E-state index in [1.54, 1.807) is 11.8 Å². The molecule has 0 aliphatic heterocycles. The van der Waals surface area contributed by atoms with E-state index in [1.165, 1.54) is 4.90 Å². The van der Waals surface area contributed by atoms with Crippen LogP contribution in [0, 0.1) is 0 Å². The molecule has 0 bridgehead atoms. The number of hydrogen-bond acceptors (Lipinski definition) is 4. The van der Waals surface area contributed by atoms with Gasteiger partial charge in [0, 0.05) is 4.90 Å². The van der Waals surface area contributed by atoms with Gasteiger partial charge >= 0.3 is 5.51 Å². The van der Waals surface area contributed by atoms with Gasteiger partial charge in [0.1, 0.15) is 4.90 Å². The predicted octanol–water partition coefficient (Wildman–Crippen LogP) is 1.83. The maximum absolute atomic E-state index is 10.7. The van der Waals surface area contributed by atoms with Crippen molar-refractivity contribution in [2.75, 3.05) is 6.26 Å². The molecule has 0 N–H and O–H groups in total. The van der Waals surface area contributed by atoms with Gasteiger partial charge in [0.15, 0.2) is 10.1 Å². The van der Waals surface area contributed by atoms with Gasteiger partial charge in [-0.25, -0.2) is 8.42 Å². The van der Waals surface area contributed by atoms with E-state index in [1.807, 2.05) is 12.1 Å². The second-order valence-corrected chi connectivity index (χ2v) is 5.46. The van der Waals surface area contributed by atoms with Crippen LogP contribution in [0.3, 0.4) is 0 Å². The monoisotopic (exact) mass is 306 g/mol. The molecule has 0 fully saturated rings. The molecule has 0 saturated carbocycles. The molecule has 0 aliphatic rings. The number of hydrogen-bond donors (Lipinski definition) is 0. The lowest BCUT2D eigenvalue weighted by Gasteiger charge is -2.08. The summed E-state index contributed by atoms with van der Waals surface area (Å²) in [7, 11) is -6.09. The van der Waals surface area contributed by atoms with E-state index in [2.05, 4.69) is 31.0 Å². The summed E-state index contributed by atoms with van der Waals surface area (Å²) in [6.45, 7) is 0.